The van der Waals surface area contributed by atoms with Gasteiger partial charge in [0.25, 0.3) is 0 Å². The van der Waals surface area contributed by atoms with Gasteiger partial charge in [0, 0.05) is 29.1 Å². The van der Waals surface area contributed by atoms with Gasteiger partial charge in [-0.1, -0.05) is 18.2 Å². The maximum Gasteiger partial charge on any atom is 0.305 e. The summed E-state index contributed by atoms with van der Waals surface area (Å²) in [5, 5.41) is 4.17. The monoisotopic (exact) mass is 406 g/mol. The number of ether oxygens (including phenoxy) is 2. The van der Waals surface area contributed by atoms with Gasteiger partial charge in [-0.3, -0.25) is 9.36 Å². The largest absolute Gasteiger partial charge is 0.494 e. The number of nitrogens with zero attached hydrogens (tertiary/aromatic N) is 2. The number of hydrogen-bond donors (Lipinski definition) is 0. The molecule has 2 aromatic carbocycles. The molecule has 4 rings (SSSR count). The second kappa shape index (κ2) is 8.92. The number of benzene rings is 2. The molecule has 0 N–H and O–H groups in total. The zero-order valence-electron chi connectivity index (χ0n) is 16.2. The fraction of sp³-hybridized carbons (Fsp3) is 0.217. The highest BCUT2D eigenvalue weighted by atomic mass is 32.1. The number of thiophene rings is 1. The fourth-order valence-electron chi connectivity index (χ4n) is 3.23. The Hall–Kier alpha value is -3.12. The number of rotatable bonds is 8. The minimum absolute atomic E-state index is 0.181. The lowest BCUT2D eigenvalue weighted by Crippen LogP contribution is -2.02. The van der Waals surface area contributed by atoms with Crippen LogP contribution in [0.2, 0.25) is 0 Å². The summed E-state index contributed by atoms with van der Waals surface area (Å²) in [6.45, 7) is 0.555. The van der Waals surface area contributed by atoms with Gasteiger partial charge in [0.2, 0.25) is 0 Å². The molecule has 5 nitrogen and oxygen atoms in total. The number of esters is 1. The predicted molar refractivity (Wildman–Crippen MR) is 116 cm³/mol. The van der Waals surface area contributed by atoms with Crippen LogP contribution in [0, 0.1) is 0 Å². The predicted octanol–water partition coefficient (Wildman–Crippen LogP) is 5.48. The van der Waals surface area contributed by atoms with Gasteiger partial charge < -0.3 is 9.47 Å². The van der Waals surface area contributed by atoms with Crippen LogP contribution in [-0.2, 0) is 9.53 Å². The minimum Gasteiger partial charge on any atom is -0.494 e. The van der Waals surface area contributed by atoms with Gasteiger partial charge in [-0.15, -0.1) is 0 Å². The van der Waals surface area contributed by atoms with Crippen LogP contribution in [0.15, 0.2) is 65.4 Å². The Labute approximate surface area is 173 Å². The summed E-state index contributed by atoms with van der Waals surface area (Å²) in [7, 11) is 1.41. The molecule has 0 fully saturated rings. The number of carbonyl (C=O) groups excluding carboxylic acids is 1. The number of hydrogen-bond acceptors (Lipinski definition) is 5. The molecule has 0 aliphatic heterocycles. The molecule has 0 saturated heterocycles. The number of carbonyl (C=O) groups is 1. The molecule has 0 saturated carbocycles. The molecule has 0 amide bonds. The maximum absolute atomic E-state index is 11.2. The normalized spacial score (nSPS) is 10.9. The third kappa shape index (κ3) is 4.32. The van der Waals surface area contributed by atoms with Crippen molar-refractivity contribution in [2.45, 2.75) is 19.3 Å². The Morgan fingerprint density at radius 3 is 2.72 bits per heavy atom. The average molecular weight is 407 g/mol. The zero-order valence-corrected chi connectivity index (χ0v) is 17.0. The highest BCUT2D eigenvalue weighted by molar-refractivity contribution is 7.08. The number of para-hydroxylation sites is 1. The van der Waals surface area contributed by atoms with E-state index in [9.17, 15) is 4.79 Å². The van der Waals surface area contributed by atoms with Crippen molar-refractivity contribution in [3.8, 4) is 22.8 Å². The standard InChI is InChI=1S/C23H22N2O3S/c1-27-22(26)9-5-6-13-28-19-10-11-20-21(15-19)25(18-7-3-2-4-8-18)23(24-20)17-12-14-29-16-17/h2-4,7-8,10-12,14-16H,5-6,9,13H2,1H3. The van der Waals surface area contributed by atoms with E-state index in [1.807, 2.05) is 36.4 Å². The number of aromatic nitrogens is 2. The highest BCUT2D eigenvalue weighted by Crippen LogP contribution is 2.31. The van der Waals surface area contributed by atoms with Crippen LogP contribution in [0.4, 0.5) is 0 Å². The molecule has 29 heavy (non-hydrogen) atoms. The number of methoxy groups -OCH3 is 1. The van der Waals surface area contributed by atoms with Crippen molar-refractivity contribution in [1.82, 2.24) is 9.55 Å². The first-order valence-corrected chi connectivity index (χ1v) is 10.5. The minimum atomic E-state index is -0.181. The number of fused-ring (bicyclic) bond motifs is 1. The second-order valence-corrected chi connectivity index (χ2v) is 7.43. The van der Waals surface area contributed by atoms with Gasteiger partial charge in [-0.05, 0) is 48.6 Å². The first-order valence-electron chi connectivity index (χ1n) is 9.56. The summed E-state index contributed by atoms with van der Waals surface area (Å²) >= 11 is 1.66. The van der Waals surface area contributed by atoms with E-state index < -0.39 is 0 Å². The van der Waals surface area contributed by atoms with Crippen LogP contribution in [0.3, 0.4) is 0 Å². The van der Waals surface area contributed by atoms with E-state index >= 15 is 0 Å². The quantitative estimate of drug-likeness (QED) is 0.287. The lowest BCUT2D eigenvalue weighted by molar-refractivity contribution is -0.140. The molecule has 6 heteroatoms. The van der Waals surface area contributed by atoms with Crippen LogP contribution < -0.4 is 4.74 Å². The molecule has 0 aliphatic carbocycles. The molecular formula is C23H22N2O3S. The van der Waals surface area contributed by atoms with Crippen LogP contribution >= 0.6 is 11.3 Å². The third-order valence-corrected chi connectivity index (χ3v) is 5.37. The van der Waals surface area contributed by atoms with Crippen LogP contribution in [0.5, 0.6) is 5.75 Å². The van der Waals surface area contributed by atoms with E-state index in [0.717, 1.165) is 46.7 Å². The Bertz CT molecular complexity index is 1090. The summed E-state index contributed by atoms with van der Waals surface area (Å²) in [5.74, 6) is 1.53. The van der Waals surface area contributed by atoms with E-state index in [-0.39, 0.29) is 5.97 Å². The van der Waals surface area contributed by atoms with Gasteiger partial charge in [0.15, 0.2) is 0 Å². The van der Waals surface area contributed by atoms with Crippen LogP contribution in [0.25, 0.3) is 28.1 Å². The Balaban J connectivity index is 1.61. The van der Waals surface area contributed by atoms with Gasteiger partial charge in [-0.25, -0.2) is 4.98 Å². The molecule has 0 unspecified atom stereocenters. The van der Waals surface area contributed by atoms with Crippen LogP contribution in [0.1, 0.15) is 19.3 Å². The molecular weight excluding hydrogens is 384 g/mol. The van der Waals surface area contributed by atoms with E-state index in [2.05, 4.69) is 38.3 Å². The van der Waals surface area contributed by atoms with Crippen molar-refractivity contribution in [2.75, 3.05) is 13.7 Å². The average Bonchev–Trinajstić information content (AvgIpc) is 3.41. The Morgan fingerprint density at radius 1 is 1.10 bits per heavy atom. The van der Waals surface area contributed by atoms with Crippen molar-refractivity contribution < 1.29 is 14.3 Å². The summed E-state index contributed by atoms with van der Waals surface area (Å²) < 4.78 is 12.8. The van der Waals surface area contributed by atoms with E-state index in [0.29, 0.717) is 13.0 Å². The molecule has 148 valence electrons. The van der Waals surface area contributed by atoms with Crippen molar-refractivity contribution in [3.63, 3.8) is 0 Å². The molecule has 0 spiro atoms. The summed E-state index contributed by atoms with van der Waals surface area (Å²) in [4.78, 5) is 16.1. The topological polar surface area (TPSA) is 53.4 Å². The molecule has 2 aromatic heterocycles. The summed E-state index contributed by atoms with van der Waals surface area (Å²) in [6, 6.07) is 18.3. The maximum atomic E-state index is 11.2. The fourth-order valence-corrected chi connectivity index (χ4v) is 3.87. The van der Waals surface area contributed by atoms with Crippen molar-refractivity contribution in [2.24, 2.45) is 0 Å². The van der Waals surface area contributed by atoms with Crippen molar-refractivity contribution >= 4 is 28.3 Å². The summed E-state index contributed by atoms with van der Waals surface area (Å²) in [5.41, 5.74) is 4.09. The van der Waals surface area contributed by atoms with Crippen molar-refractivity contribution in [1.29, 1.82) is 0 Å². The molecule has 0 atom stereocenters. The van der Waals surface area contributed by atoms with Gasteiger partial charge in [0.1, 0.15) is 11.6 Å². The Kier molecular flexibility index (Phi) is 5.91. The lowest BCUT2D eigenvalue weighted by Gasteiger charge is -2.10. The van der Waals surface area contributed by atoms with Gasteiger partial charge >= 0.3 is 5.97 Å². The van der Waals surface area contributed by atoms with Gasteiger partial charge in [0.05, 0.1) is 24.8 Å². The SMILES string of the molecule is COC(=O)CCCCOc1ccc2nc(-c3ccsc3)n(-c3ccccc3)c2c1. The van der Waals surface area contributed by atoms with Gasteiger partial charge in [-0.2, -0.15) is 11.3 Å². The van der Waals surface area contributed by atoms with E-state index in [4.69, 9.17) is 9.72 Å². The first kappa shape index (κ1) is 19.2. The smallest absolute Gasteiger partial charge is 0.305 e. The van der Waals surface area contributed by atoms with E-state index in [1.54, 1.807) is 11.3 Å². The lowest BCUT2D eigenvalue weighted by atomic mass is 10.2. The van der Waals surface area contributed by atoms with Crippen molar-refractivity contribution in [3.05, 3.63) is 65.4 Å². The Morgan fingerprint density at radius 2 is 1.97 bits per heavy atom. The number of unbranched alkanes of at least 4 members (excludes halogenated alkanes) is 1. The number of imidazole rings is 1. The molecule has 0 aliphatic rings. The molecule has 2 heterocycles. The third-order valence-electron chi connectivity index (χ3n) is 4.69. The first-order chi connectivity index (χ1) is 14.3. The highest BCUT2D eigenvalue weighted by Gasteiger charge is 2.15. The van der Waals surface area contributed by atoms with E-state index in [1.165, 1.54) is 7.11 Å². The zero-order chi connectivity index (χ0) is 20.1. The molecule has 4 aromatic rings. The molecule has 0 bridgehead atoms. The van der Waals surface area contributed by atoms with Crippen LogP contribution in [-0.4, -0.2) is 29.2 Å². The second-order valence-electron chi connectivity index (χ2n) is 6.65. The summed E-state index contributed by atoms with van der Waals surface area (Å²) in [6.07, 6.45) is 1.97. The molecule has 0 radical (unpaired) electrons.